The first-order valence-electron chi connectivity index (χ1n) is 6.98. The van der Waals surface area contributed by atoms with Crippen LogP contribution >= 0.6 is 0 Å². The first-order chi connectivity index (χ1) is 8.74. The first kappa shape index (κ1) is 13.4. The van der Waals surface area contributed by atoms with E-state index < -0.39 is 0 Å². The molecular formula is C15H25N3. The molecule has 2 rings (SSSR count). The molecule has 1 aliphatic heterocycles. The van der Waals surface area contributed by atoms with Gasteiger partial charge in [0.1, 0.15) is 0 Å². The second-order valence-electron chi connectivity index (χ2n) is 5.22. The summed E-state index contributed by atoms with van der Waals surface area (Å²) < 4.78 is 0. The zero-order valence-electron chi connectivity index (χ0n) is 11.6. The van der Waals surface area contributed by atoms with Crippen molar-refractivity contribution in [1.82, 2.24) is 4.90 Å². The molecule has 1 atom stereocenters. The van der Waals surface area contributed by atoms with E-state index in [-0.39, 0.29) is 0 Å². The number of aryl methyl sites for hydroxylation is 1. The summed E-state index contributed by atoms with van der Waals surface area (Å²) in [6, 6.07) is 9.39. The van der Waals surface area contributed by atoms with E-state index >= 15 is 0 Å². The highest BCUT2D eigenvalue weighted by Gasteiger charge is 2.22. The molecule has 3 heteroatoms. The molecule has 0 saturated carbocycles. The summed E-state index contributed by atoms with van der Waals surface area (Å²) in [5.74, 6) is 0. The van der Waals surface area contributed by atoms with E-state index in [1.54, 1.807) is 0 Å². The average Bonchev–Trinajstić information content (AvgIpc) is 2.60. The van der Waals surface area contributed by atoms with Gasteiger partial charge >= 0.3 is 0 Å². The Morgan fingerprint density at radius 1 is 1.22 bits per heavy atom. The zero-order valence-corrected chi connectivity index (χ0v) is 11.6. The van der Waals surface area contributed by atoms with Gasteiger partial charge in [-0.2, -0.15) is 0 Å². The number of nitrogens with two attached hydrogens (primary N) is 1. The molecule has 1 unspecified atom stereocenters. The Bertz CT molecular complexity index is 361. The molecule has 1 aromatic rings. The largest absolute Gasteiger partial charge is 0.366 e. The lowest BCUT2D eigenvalue weighted by atomic mass is 10.1. The molecule has 1 fully saturated rings. The van der Waals surface area contributed by atoms with Crippen LogP contribution in [0.3, 0.4) is 0 Å². The minimum atomic E-state index is 0.435. The summed E-state index contributed by atoms with van der Waals surface area (Å²) in [7, 11) is 2.19. The molecule has 18 heavy (non-hydrogen) atoms. The molecule has 1 heterocycles. The van der Waals surface area contributed by atoms with Crippen molar-refractivity contribution >= 4 is 5.69 Å². The summed E-state index contributed by atoms with van der Waals surface area (Å²) in [6.07, 6.45) is 2.31. The Balaban J connectivity index is 2.17. The van der Waals surface area contributed by atoms with Crippen LogP contribution in [0.25, 0.3) is 0 Å². The fourth-order valence-electron chi connectivity index (χ4n) is 2.71. The highest BCUT2D eigenvalue weighted by molar-refractivity contribution is 5.49. The average molecular weight is 247 g/mol. The van der Waals surface area contributed by atoms with E-state index in [9.17, 15) is 0 Å². The Morgan fingerprint density at radius 2 is 1.94 bits per heavy atom. The maximum Gasteiger partial charge on any atom is 0.0539 e. The van der Waals surface area contributed by atoms with E-state index in [4.69, 9.17) is 5.73 Å². The van der Waals surface area contributed by atoms with Crippen molar-refractivity contribution in [2.45, 2.75) is 25.8 Å². The molecule has 3 nitrogen and oxygen atoms in total. The van der Waals surface area contributed by atoms with Crippen LogP contribution in [0, 0.1) is 0 Å². The minimum Gasteiger partial charge on any atom is -0.366 e. The highest BCUT2D eigenvalue weighted by Crippen LogP contribution is 2.20. The van der Waals surface area contributed by atoms with E-state index in [2.05, 4.69) is 48.0 Å². The second kappa shape index (κ2) is 6.21. The molecule has 100 valence electrons. The van der Waals surface area contributed by atoms with Crippen molar-refractivity contribution in [2.75, 3.05) is 38.1 Å². The topological polar surface area (TPSA) is 32.5 Å². The van der Waals surface area contributed by atoms with Crippen LogP contribution in [0.5, 0.6) is 0 Å². The van der Waals surface area contributed by atoms with Gasteiger partial charge in [0.25, 0.3) is 0 Å². The smallest absolute Gasteiger partial charge is 0.0539 e. The minimum absolute atomic E-state index is 0.435. The molecule has 0 bridgehead atoms. The lowest BCUT2D eigenvalue weighted by Gasteiger charge is -2.32. The van der Waals surface area contributed by atoms with E-state index in [1.807, 2.05) is 0 Å². The van der Waals surface area contributed by atoms with Crippen molar-refractivity contribution < 1.29 is 0 Å². The lowest BCUT2D eigenvalue weighted by molar-refractivity contribution is 0.332. The van der Waals surface area contributed by atoms with Crippen LogP contribution in [0.15, 0.2) is 24.3 Å². The Labute approximate surface area is 111 Å². The molecule has 0 amide bonds. The van der Waals surface area contributed by atoms with Gasteiger partial charge in [0, 0.05) is 25.3 Å². The van der Waals surface area contributed by atoms with E-state index in [0.717, 1.165) is 26.1 Å². The molecule has 1 saturated heterocycles. The molecular weight excluding hydrogens is 222 g/mol. The van der Waals surface area contributed by atoms with Crippen LogP contribution in [0.1, 0.15) is 18.9 Å². The molecule has 2 N–H and O–H groups in total. The first-order valence-corrected chi connectivity index (χ1v) is 6.98. The van der Waals surface area contributed by atoms with Crippen LogP contribution in [0.4, 0.5) is 5.69 Å². The Hall–Kier alpha value is -1.06. The highest BCUT2D eigenvalue weighted by atomic mass is 15.2. The van der Waals surface area contributed by atoms with Crippen molar-refractivity contribution in [3.63, 3.8) is 0 Å². The van der Waals surface area contributed by atoms with Gasteiger partial charge in [-0.3, -0.25) is 0 Å². The third-order valence-corrected chi connectivity index (χ3v) is 3.85. The number of anilines is 1. The molecule has 0 aliphatic carbocycles. The number of hydrogen-bond acceptors (Lipinski definition) is 3. The van der Waals surface area contributed by atoms with Crippen molar-refractivity contribution in [3.05, 3.63) is 29.8 Å². The molecule has 1 aromatic carbocycles. The van der Waals surface area contributed by atoms with Gasteiger partial charge in [0.05, 0.1) is 6.04 Å². The predicted octanol–water partition coefficient (Wildman–Crippen LogP) is 1.72. The summed E-state index contributed by atoms with van der Waals surface area (Å²) in [4.78, 5) is 4.86. The lowest BCUT2D eigenvalue weighted by Crippen LogP contribution is -2.45. The third-order valence-electron chi connectivity index (χ3n) is 3.85. The van der Waals surface area contributed by atoms with Gasteiger partial charge in [0.2, 0.25) is 0 Å². The van der Waals surface area contributed by atoms with Crippen molar-refractivity contribution in [3.8, 4) is 0 Å². The number of likely N-dealkylation sites (N-methyl/N-ethyl adjacent to an activating group) is 1. The number of rotatable bonds is 3. The molecule has 0 radical (unpaired) electrons. The fourth-order valence-corrected chi connectivity index (χ4v) is 2.71. The van der Waals surface area contributed by atoms with Crippen molar-refractivity contribution in [2.24, 2.45) is 5.73 Å². The van der Waals surface area contributed by atoms with Gasteiger partial charge in [-0.25, -0.2) is 0 Å². The van der Waals surface area contributed by atoms with Crippen LogP contribution in [-0.2, 0) is 6.42 Å². The number of hydrogen-bond donors (Lipinski definition) is 1. The quantitative estimate of drug-likeness (QED) is 0.883. The molecule has 1 aliphatic rings. The maximum atomic E-state index is 5.95. The standard InChI is InChI=1S/C15H25N3/c1-3-13-5-7-14(8-6-13)18-10-4-9-17(2)12-15(18)11-16/h5-8,15H,3-4,9-12,16H2,1-2H3. The van der Waals surface area contributed by atoms with Gasteiger partial charge in [-0.1, -0.05) is 19.1 Å². The fraction of sp³-hybridized carbons (Fsp3) is 0.600. The van der Waals surface area contributed by atoms with Crippen molar-refractivity contribution in [1.29, 1.82) is 0 Å². The van der Waals surface area contributed by atoms with Crippen LogP contribution in [0.2, 0.25) is 0 Å². The van der Waals surface area contributed by atoms with Gasteiger partial charge in [-0.05, 0) is 44.1 Å². The molecule has 0 spiro atoms. The zero-order chi connectivity index (χ0) is 13.0. The SMILES string of the molecule is CCc1ccc(N2CCCN(C)CC2CN)cc1. The van der Waals surface area contributed by atoms with E-state index in [0.29, 0.717) is 6.04 Å². The molecule has 0 aromatic heterocycles. The summed E-state index contributed by atoms with van der Waals surface area (Å²) in [5, 5.41) is 0. The summed E-state index contributed by atoms with van der Waals surface area (Å²) >= 11 is 0. The number of benzene rings is 1. The summed E-state index contributed by atoms with van der Waals surface area (Å²) in [6.45, 7) is 6.25. The normalized spacial score (nSPS) is 21.9. The monoisotopic (exact) mass is 247 g/mol. The van der Waals surface area contributed by atoms with Gasteiger partial charge in [-0.15, -0.1) is 0 Å². The van der Waals surface area contributed by atoms with E-state index in [1.165, 1.54) is 24.2 Å². The Kier molecular flexibility index (Phi) is 4.61. The second-order valence-corrected chi connectivity index (χ2v) is 5.22. The third kappa shape index (κ3) is 3.03. The van der Waals surface area contributed by atoms with Crippen LogP contribution < -0.4 is 10.6 Å². The van der Waals surface area contributed by atoms with Gasteiger partial charge in [0.15, 0.2) is 0 Å². The van der Waals surface area contributed by atoms with Crippen LogP contribution in [-0.4, -0.2) is 44.2 Å². The van der Waals surface area contributed by atoms with Gasteiger partial charge < -0.3 is 15.5 Å². The summed E-state index contributed by atoms with van der Waals surface area (Å²) in [5.41, 5.74) is 8.67. The number of nitrogens with zero attached hydrogens (tertiary/aromatic N) is 2. The Morgan fingerprint density at radius 3 is 2.56 bits per heavy atom. The predicted molar refractivity (Wildman–Crippen MR) is 78.1 cm³/mol. The maximum absolute atomic E-state index is 5.95.